The van der Waals surface area contributed by atoms with Gasteiger partial charge in [-0.3, -0.25) is 0 Å². The molecule has 0 aromatic carbocycles. The zero-order valence-electron chi connectivity index (χ0n) is 9.79. The van der Waals surface area contributed by atoms with Crippen LogP contribution in [0.1, 0.15) is 46.5 Å². The molecule has 0 aliphatic rings. The van der Waals surface area contributed by atoms with E-state index in [-0.39, 0.29) is 6.10 Å². The van der Waals surface area contributed by atoms with E-state index in [2.05, 4.69) is 26.5 Å². The van der Waals surface area contributed by atoms with Crippen molar-refractivity contribution in [2.24, 2.45) is 5.92 Å². The minimum absolute atomic E-state index is 0.149. The predicted octanol–water partition coefficient (Wildman–Crippen LogP) is 3.70. The number of hydrogen-bond acceptors (Lipinski definition) is 1. The van der Waals surface area contributed by atoms with Crippen LogP contribution in [0.5, 0.6) is 0 Å². The first-order valence-electron chi connectivity index (χ1n) is 5.59. The fourth-order valence-corrected chi connectivity index (χ4v) is 1.31. The molecule has 1 nitrogen and oxygen atoms in total. The summed E-state index contributed by atoms with van der Waals surface area (Å²) in [5.74, 6) is 0.358. The van der Waals surface area contributed by atoms with Gasteiger partial charge in [0.2, 0.25) is 0 Å². The van der Waals surface area contributed by atoms with Gasteiger partial charge in [-0.05, 0) is 25.7 Å². The van der Waals surface area contributed by atoms with Gasteiger partial charge in [0.1, 0.15) is 0 Å². The van der Waals surface area contributed by atoms with Crippen molar-refractivity contribution in [1.82, 2.24) is 0 Å². The lowest BCUT2D eigenvalue weighted by atomic mass is 9.95. The second kappa shape index (κ2) is 7.81. The standard InChI is InChI=1S/C13H24O/c1-5-7-8-13(14)12(4)10-9-11(3)6-2/h6,9,12-14H,2,5,7-8,10H2,1,3-4H3. The molecule has 82 valence electrons. The molecule has 0 aromatic heterocycles. The van der Waals surface area contributed by atoms with Gasteiger partial charge in [0.25, 0.3) is 0 Å². The molecule has 0 rings (SSSR count). The maximum atomic E-state index is 9.78. The maximum Gasteiger partial charge on any atom is 0.0568 e. The van der Waals surface area contributed by atoms with E-state index < -0.39 is 0 Å². The summed E-state index contributed by atoms with van der Waals surface area (Å²) in [6.45, 7) is 10.00. The number of aliphatic hydroxyl groups excluding tert-OH is 1. The van der Waals surface area contributed by atoms with Gasteiger partial charge in [0, 0.05) is 0 Å². The molecule has 14 heavy (non-hydrogen) atoms. The van der Waals surface area contributed by atoms with Crippen LogP contribution in [-0.2, 0) is 0 Å². The molecule has 1 N–H and O–H groups in total. The van der Waals surface area contributed by atoms with Crippen molar-refractivity contribution >= 4 is 0 Å². The Kier molecular flexibility index (Phi) is 7.50. The van der Waals surface area contributed by atoms with Gasteiger partial charge in [-0.1, -0.05) is 51.0 Å². The van der Waals surface area contributed by atoms with Gasteiger partial charge in [0.05, 0.1) is 6.10 Å². The summed E-state index contributed by atoms with van der Waals surface area (Å²) < 4.78 is 0. The molecule has 2 unspecified atom stereocenters. The topological polar surface area (TPSA) is 20.2 Å². The monoisotopic (exact) mass is 196 g/mol. The smallest absolute Gasteiger partial charge is 0.0568 e. The molecule has 0 saturated heterocycles. The SMILES string of the molecule is C=CC(C)=CCC(C)C(O)CCCC. The lowest BCUT2D eigenvalue weighted by molar-refractivity contribution is 0.106. The molecular weight excluding hydrogens is 172 g/mol. The molecular formula is C13H24O. The normalized spacial score (nSPS) is 16.4. The number of allylic oxidation sites excluding steroid dienone is 3. The predicted molar refractivity (Wildman–Crippen MR) is 63.3 cm³/mol. The summed E-state index contributed by atoms with van der Waals surface area (Å²) in [5, 5.41) is 9.78. The van der Waals surface area contributed by atoms with E-state index in [0.29, 0.717) is 5.92 Å². The molecule has 0 fully saturated rings. The Morgan fingerprint density at radius 3 is 2.64 bits per heavy atom. The first kappa shape index (κ1) is 13.4. The lowest BCUT2D eigenvalue weighted by Gasteiger charge is -2.16. The average molecular weight is 196 g/mol. The number of unbranched alkanes of at least 4 members (excludes halogenated alkanes) is 1. The van der Waals surface area contributed by atoms with Crippen LogP contribution >= 0.6 is 0 Å². The molecule has 0 radical (unpaired) electrons. The molecule has 0 bridgehead atoms. The summed E-state index contributed by atoms with van der Waals surface area (Å²) in [5.41, 5.74) is 1.19. The molecule has 0 heterocycles. The van der Waals surface area contributed by atoms with Gasteiger partial charge in [-0.15, -0.1) is 0 Å². The van der Waals surface area contributed by atoms with Gasteiger partial charge < -0.3 is 5.11 Å². The highest BCUT2D eigenvalue weighted by Crippen LogP contribution is 2.15. The molecule has 0 aromatic rings. The second-order valence-corrected chi connectivity index (χ2v) is 4.07. The highest BCUT2D eigenvalue weighted by Gasteiger charge is 2.11. The Morgan fingerprint density at radius 1 is 1.50 bits per heavy atom. The Bertz CT molecular complexity index is 182. The largest absolute Gasteiger partial charge is 0.393 e. The fourth-order valence-electron chi connectivity index (χ4n) is 1.31. The lowest BCUT2D eigenvalue weighted by Crippen LogP contribution is -2.16. The zero-order valence-corrected chi connectivity index (χ0v) is 9.79. The van der Waals surface area contributed by atoms with Crippen LogP contribution in [0.3, 0.4) is 0 Å². The molecule has 1 heteroatoms. The fraction of sp³-hybridized carbons (Fsp3) is 0.692. The van der Waals surface area contributed by atoms with Crippen LogP contribution in [-0.4, -0.2) is 11.2 Å². The van der Waals surface area contributed by atoms with Crippen molar-refractivity contribution in [2.75, 3.05) is 0 Å². The van der Waals surface area contributed by atoms with Crippen molar-refractivity contribution in [3.8, 4) is 0 Å². The summed E-state index contributed by atoms with van der Waals surface area (Å²) in [4.78, 5) is 0. The van der Waals surface area contributed by atoms with Crippen LogP contribution < -0.4 is 0 Å². The third kappa shape index (κ3) is 5.98. The first-order valence-corrected chi connectivity index (χ1v) is 5.59. The minimum Gasteiger partial charge on any atom is -0.393 e. The van der Waals surface area contributed by atoms with Crippen LogP contribution in [0.2, 0.25) is 0 Å². The molecule has 0 amide bonds. The summed E-state index contributed by atoms with van der Waals surface area (Å²) in [7, 11) is 0. The van der Waals surface area contributed by atoms with Gasteiger partial charge in [0.15, 0.2) is 0 Å². The van der Waals surface area contributed by atoms with Gasteiger partial charge in [-0.25, -0.2) is 0 Å². The van der Waals surface area contributed by atoms with Crippen LogP contribution in [0.4, 0.5) is 0 Å². The summed E-state index contributed by atoms with van der Waals surface area (Å²) >= 11 is 0. The number of aliphatic hydroxyl groups is 1. The Labute approximate surface area is 88.5 Å². The van der Waals surface area contributed by atoms with Crippen molar-refractivity contribution in [3.05, 3.63) is 24.3 Å². The van der Waals surface area contributed by atoms with E-state index in [1.54, 1.807) is 0 Å². The molecule has 0 aliphatic carbocycles. The Balaban J connectivity index is 3.82. The maximum absolute atomic E-state index is 9.78. The van der Waals surface area contributed by atoms with Crippen molar-refractivity contribution in [1.29, 1.82) is 0 Å². The van der Waals surface area contributed by atoms with E-state index in [4.69, 9.17) is 0 Å². The van der Waals surface area contributed by atoms with E-state index in [1.165, 1.54) is 5.57 Å². The Morgan fingerprint density at radius 2 is 2.14 bits per heavy atom. The van der Waals surface area contributed by atoms with Crippen LogP contribution in [0, 0.1) is 5.92 Å². The number of rotatable bonds is 7. The third-order valence-corrected chi connectivity index (χ3v) is 2.64. The third-order valence-electron chi connectivity index (χ3n) is 2.64. The van der Waals surface area contributed by atoms with Crippen LogP contribution in [0.15, 0.2) is 24.3 Å². The molecule has 2 atom stereocenters. The second-order valence-electron chi connectivity index (χ2n) is 4.07. The Hall–Kier alpha value is -0.560. The van der Waals surface area contributed by atoms with Crippen LogP contribution in [0.25, 0.3) is 0 Å². The van der Waals surface area contributed by atoms with E-state index in [9.17, 15) is 5.11 Å². The van der Waals surface area contributed by atoms with Gasteiger partial charge >= 0.3 is 0 Å². The highest BCUT2D eigenvalue weighted by molar-refractivity contribution is 5.12. The van der Waals surface area contributed by atoms with E-state index in [1.807, 2.05) is 13.0 Å². The van der Waals surface area contributed by atoms with E-state index in [0.717, 1.165) is 25.7 Å². The first-order chi connectivity index (χ1) is 6.61. The highest BCUT2D eigenvalue weighted by atomic mass is 16.3. The molecule has 0 saturated carbocycles. The quantitative estimate of drug-likeness (QED) is 0.616. The average Bonchev–Trinajstić information content (AvgIpc) is 2.21. The zero-order chi connectivity index (χ0) is 11.0. The summed E-state index contributed by atoms with van der Waals surface area (Å²) in [6, 6.07) is 0. The molecule has 0 aliphatic heterocycles. The van der Waals surface area contributed by atoms with Crippen molar-refractivity contribution < 1.29 is 5.11 Å². The minimum atomic E-state index is -0.149. The number of hydrogen-bond donors (Lipinski definition) is 1. The van der Waals surface area contributed by atoms with E-state index >= 15 is 0 Å². The molecule has 0 spiro atoms. The van der Waals surface area contributed by atoms with Gasteiger partial charge in [-0.2, -0.15) is 0 Å². The summed E-state index contributed by atoms with van der Waals surface area (Å²) in [6.07, 6.45) is 8.00. The van der Waals surface area contributed by atoms with Crippen molar-refractivity contribution in [2.45, 2.75) is 52.6 Å². The van der Waals surface area contributed by atoms with Crippen molar-refractivity contribution in [3.63, 3.8) is 0 Å².